The van der Waals surface area contributed by atoms with Crippen molar-refractivity contribution in [3.63, 3.8) is 0 Å². The van der Waals surface area contributed by atoms with Crippen LogP contribution in [0.4, 0.5) is 5.69 Å². The second kappa shape index (κ2) is 6.26. The van der Waals surface area contributed by atoms with Gasteiger partial charge in [0.1, 0.15) is 0 Å². The van der Waals surface area contributed by atoms with Crippen LogP contribution in [0.25, 0.3) is 0 Å². The molecule has 0 radical (unpaired) electrons. The molecular formula is C16H22N2O3. The molecule has 1 aromatic carbocycles. The van der Waals surface area contributed by atoms with E-state index in [0.29, 0.717) is 11.5 Å². The number of carbonyl (C=O) groups is 2. The molecule has 114 valence electrons. The molecular weight excluding hydrogens is 268 g/mol. The Hall–Kier alpha value is -1.88. The van der Waals surface area contributed by atoms with Crippen molar-refractivity contribution in [2.24, 2.45) is 5.92 Å². The largest absolute Gasteiger partial charge is 0.394 e. The van der Waals surface area contributed by atoms with E-state index in [2.05, 4.69) is 12.2 Å². The van der Waals surface area contributed by atoms with Gasteiger partial charge in [-0.1, -0.05) is 6.92 Å². The molecule has 1 aliphatic rings. The smallest absolute Gasteiger partial charge is 0.251 e. The maximum absolute atomic E-state index is 12.1. The van der Waals surface area contributed by atoms with Crippen LogP contribution in [0.1, 0.15) is 36.7 Å². The quantitative estimate of drug-likeness (QED) is 0.882. The minimum Gasteiger partial charge on any atom is -0.394 e. The SMILES string of the molecule is CC(=O)N1CC(C)Cc2cc(C(=O)NC(C)CO)ccc21. The molecule has 0 saturated heterocycles. The molecule has 1 heterocycles. The average Bonchev–Trinajstić information content (AvgIpc) is 2.45. The summed E-state index contributed by atoms with van der Waals surface area (Å²) in [7, 11) is 0. The molecule has 5 nitrogen and oxygen atoms in total. The minimum atomic E-state index is -0.277. The van der Waals surface area contributed by atoms with E-state index >= 15 is 0 Å². The monoisotopic (exact) mass is 290 g/mol. The topological polar surface area (TPSA) is 69.6 Å². The first-order chi connectivity index (χ1) is 9.92. The molecule has 2 rings (SSSR count). The third kappa shape index (κ3) is 3.42. The van der Waals surface area contributed by atoms with Crippen molar-refractivity contribution in [1.82, 2.24) is 5.32 Å². The van der Waals surface area contributed by atoms with Crippen LogP contribution in [0.5, 0.6) is 0 Å². The lowest BCUT2D eigenvalue weighted by molar-refractivity contribution is -0.116. The van der Waals surface area contributed by atoms with Crippen molar-refractivity contribution in [1.29, 1.82) is 0 Å². The van der Waals surface area contributed by atoms with Crippen molar-refractivity contribution in [2.45, 2.75) is 33.2 Å². The minimum absolute atomic E-state index is 0.0221. The van der Waals surface area contributed by atoms with Gasteiger partial charge >= 0.3 is 0 Å². The normalized spacial score (nSPS) is 18.9. The van der Waals surface area contributed by atoms with E-state index in [1.54, 1.807) is 24.8 Å². The Balaban J connectivity index is 2.28. The second-order valence-electron chi connectivity index (χ2n) is 5.84. The zero-order valence-corrected chi connectivity index (χ0v) is 12.7. The van der Waals surface area contributed by atoms with Crippen LogP contribution < -0.4 is 10.2 Å². The van der Waals surface area contributed by atoms with E-state index in [9.17, 15) is 9.59 Å². The van der Waals surface area contributed by atoms with E-state index in [1.807, 2.05) is 12.1 Å². The van der Waals surface area contributed by atoms with E-state index in [4.69, 9.17) is 5.11 Å². The van der Waals surface area contributed by atoms with Crippen LogP contribution in [-0.4, -0.2) is 36.1 Å². The van der Waals surface area contributed by atoms with E-state index in [0.717, 1.165) is 24.2 Å². The van der Waals surface area contributed by atoms with E-state index < -0.39 is 0 Å². The highest BCUT2D eigenvalue weighted by molar-refractivity contribution is 5.97. The van der Waals surface area contributed by atoms with Crippen LogP contribution in [0.3, 0.4) is 0 Å². The fraction of sp³-hybridized carbons (Fsp3) is 0.500. The lowest BCUT2D eigenvalue weighted by Crippen LogP contribution is -2.38. The molecule has 2 unspecified atom stereocenters. The third-order valence-electron chi connectivity index (χ3n) is 3.73. The fourth-order valence-electron chi connectivity index (χ4n) is 2.65. The molecule has 0 spiro atoms. The van der Waals surface area contributed by atoms with E-state index in [1.165, 1.54) is 0 Å². The fourth-order valence-corrected chi connectivity index (χ4v) is 2.65. The van der Waals surface area contributed by atoms with Crippen molar-refractivity contribution in [2.75, 3.05) is 18.1 Å². The Kier molecular flexibility index (Phi) is 4.63. The number of anilines is 1. The number of aliphatic hydroxyl groups excluding tert-OH is 1. The van der Waals surface area contributed by atoms with E-state index in [-0.39, 0.29) is 24.5 Å². The molecule has 2 amide bonds. The molecule has 1 aromatic rings. The van der Waals surface area contributed by atoms with Crippen LogP contribution in [0.2, 0.25) is 0 Å². The number of fused-ring (bicyclic) bond motifs is 1. The molecule has 21 heavy (non-hydrogen) atoms. The summed E-state index contributed by atoms with van der Waals surface area (Å²) in [6.45, 7) is 6.03. The van der Waals surface area contributed by atoms with Gasteiger partial charge in [-0.2, -0.15) is 0 Å². The maximum Gasteiger partial charge on any atom is 0.251 e. The highest BCUT2D eigenvalue weighted by atomic mass is 16.3. The van der Waals surface area contributed by atoms with Crippen molar-refractivity contribution in [3.8, 4) is 0 Å². The van der Waals surface area contributed by atoms with Crippen molar-refractivity contribution < 1.29 is 14.7 Å². The van der Waals surface area contributed by atoms with Crippen molar-refractivity contribution >= 4 is 17.5 Å². The summed E-state index contributed by atoms with van der Waals surface area (Å²) in [6, 6.07) is 5.13. The first-order valence-electron chi connectivity index (χ1n) is 7.25. The van der Waals surface area contributed by atoms with Gasteiger partial charge in [0.15, 0.2) is 0 Å². The van der Waals surface area contributed by atoms with Gasteiger partial charge < -0.3 is 15.3 Å². The van der Waals surface area contributed by atoms with Crippen LogP contribution in [0, 0.1) is 5.92 Å². The number of benzene rings is 1. The Morgan fingerprint density at radius 2 is 2.19 bits per heavy atom. The Bertz CT molecular complexity index is 556. The first kappa shape index (κ1) is 15.5. The zero-order chi connectivity index (χ0) is 15.6. The van der Waals surface area contributed by atoms with Gasteiger partial charge in [0.05, 0.1) is 6.61 Å². The zero-order valence-electron chi connectivity index (χ0n) is 12.7. The van der Waals surface area contributed by atoms with Gasteiger partial charge in [-0.05, 0) is 43.0 Å². The van der Waals surface area contributed by atoms with Gasteiger partial charge in [0.2, 0.25) is 5.91 Å². The first-order valence-corrected chi connectivity index (χ1v) is 7.25. The lowest BCUT2D eigenvalue weighted by Gasteiger charge is -2.32. The predicted octanol–water partition coefficient (Wildman–Crippen LogP) is 1.34. The summed E-state index contributed by atoms with van der Waals surface area (Å²) >= 11 is 0. The Morgan fingerprint density at radius 3 is 2.81 bits per heavy atom. The van der Waals surface area contributed by atoms with Gasteiger partial charge in [-0.25, -0.2) is 0 Å². The summed E-state index contributed by atoms with van der Waals surface area (Å²) in [5.41, 5.74) is 2.48. The van der Waals surface area contributed by atoms with Crippen LogP contribution in [0.15, 0.2) is 18.2 Å². The summed E-state index contributed by atoms with van der Waals surface area (Å²) in [6.07, 6.45) is 0.857. The molecule has 1 aliphatic heterocycles. The summed E-state index contributed by atoms with van der Waals surface area (Å²) < 4.78 is 0. The third-order valence-corrected chi connectivity index (χ3v) is 3.73. The average molecular weight is 290 g/mol. The highest BCUT2D eigenvalue weighted by Crippen LogP contribution is 2.30. The number of hydrogen-bond donors (Lipinski definition) is 2. The number of nitrogens with zero attached hydrogens (tertiary/aromatic N) is 1. The van der Waals surface area contributed by atoms with Gasteiger partial charge in [-0.15, -0.1) is 0 Å². The number of amides is 2. The summed E-state index contributed by atoms with van der Waals surface area (Å²) in [5, 5.41) is 11.7. The highest BCUT2D eigenvalue weighted by Gasteiger charge is 2.25. The molecule has 0 fully saturated rings. The molecule has 2 N–H and O–H groups in total. The summed E-state index contributed by atoms with van der Waals surface area (Å²) in [5.74, 6) is 0.192. The summed E-state index contributed by atoms with van der Waals surface area (Å²) in [4.78, 5) is 25.6. The molecule has 0 saturated carbocycles. The van der Waals surface area contributed by atoms with Gasteiger partial charge in [0, 0.05) is 30.8 Å². The number of carbonyl (C=O) groups excluding carboxylic acids is 2. The molecule has 0 aromatic heterocycles. The van der Waals surface area contributed by atoms with Crippen LogP contribution >= 0.6 is 0 Å². The number of hydrogen-bond acceptors (Lipinski definition) is 3. The van der Waals surface area contributed by atoms with Crippen LogP contribution in [-0.2, 0) is 11.2 Å². The Labute approximate surface area is 125 Å². The van der Waals surface area contributed by atoms with Gasteiger partial charge in [0.25, 0.3) is 5.91 Å². The number of nitrogens with one attached hydrogen (secondary N) is 1. The van der Waals surface area contributed by atoms with Gasteiger partial charge in [-0.3, -0.25) is 9.59 Å². The standard InChI is InChI=1S/C16H22N2O3/c1-10-6-14-7-13(16(21)17-11(2)9-19)4-5-15(14)18(8-10)12(3)20/h4-5,7,10-11,19H,6,8-9H2,1-3H3,(H,17,21). The second-order valence-corrected chi connectivity index (χ2v) is 5.84. The molecule has 5 heteroatoms. The molecule has 0 bridgehead atoms. The molecule has 2 atom stereocenters. The van der Waals surface area contributed by atoms with Crippen molar-refractivity contribution in [3.05, 3.63) is 29.3 Å². The molecule has 0 aliphatic carbocycles. The lowest BCUT2D eigenvalue weighted by atomic mass is 9.92. The Morgan fingerprint density at radius 1 is 1.48 bits per heavy atom. The predicted molar refractivity (Wildman–Crippen MR) is 81.4 cm³/mol. The number of aliphatic hydroxyl groups is 1. The number of rotatable bonds is 3. The maximum atomic E-state index is 12.1.